The molecule has 0 amide bonds. The third kappa shape index (κ3) is 9.57. The first-order valence-electron chi connectivity index (χ1n) is 32.5. The van der Waals surface area contributed by atoms with Crippen molar-refractivity contribution in [1.82, 2.24) is 19.3 Å². The van der Waals surface area contributed by atoms with E-state index in [0.29, 0.717) is 33.7 Å². The Labute approximate surface area is 489 Å². The van der Waals surface area contributed by atoms with Crippen molar-refractivity contribution >= 4 is 23.5 Å². The van der Waals surface area contributed by atoms with Gasteiger partial charge in [-0.2, -0.15) is 0 Å². The van der Waals surface area contributed by atoms with E-state index in [0.717, 1.165) is 16.7 Å². The Morgan fingerprint density at radius 2 is 1.16 bits per heavy atom. The third-order valence-electron chi connectivity index (χ3n) is 13.9. The molecule has 0 saturated heterocycles. The molecule has 0 aliphatic carbocycles. The van der Waals surface area contributed by atoms with Crippen LogP contribution < -0.4 is 11.1 Å². The Morgan fingerprint density at radius 3 is 1.79 bits per heavy atom. The fourth-order valence-corrected chi connectivity index (χ4v) is 10.2. The molecule has 12 rings (SSSR count). The second-order valence-electron chi connectivity index (χ2n) is 20.8. The molecule has 0 spiro atoms. The first-order valence-corrected chi connectivity index (χ1v) is 25.0. The van der Waals surface area contributed by atoms with Gasteiger partial charge in [0.1, 0.15) is 11.6 Å². The molecule has 4 heterocycles. The van der Waals surface area contributed by atoms with Gasteiger partial charge in [-0.3, -0.25) is 4.98 Å². The molecular weight excluding hydrogens is 1120 g/mol. The normalized spacial score (nSPS) is 15.8. The summed E-state index contributed by atoms with van der Waals surface area (Å²) in [7, 11) is 0. The average Bonchev–Trinajstić information content (AvgIpc) is 1.40. The maximum Gasteiger partial charge on any atom is 0.348 e. The van der Waals surface area contributed by atoms with E-state index in [9.17, 15) is 13.3 Å². The van der Waals surface area contributed by atoms with Crippen molar-refractivity contribution in [3.8, 4) is 78.6 Å². The van der Waals surface area contributed by atoms with Crippen molar-refractivity contribution < 1.29 is 46.7 Å². The summed E-state index contributed by atoms with van der Waals surface area (Å²) >= 11 is 0. The van der Waals surface area contributed by atoms with Crippen molar-refractivity contribution in [2.24, 2.45) is 0 Å². The molecule has 7 heteroatoms. The Balaban J connectivity index is 0.00000867. The SMILES string of the molecule is [2H]c1c([2H])c([2H])c(-c2cc(C(C)(C)C)ccc2-n2c(-c3ccccc3O)nc3c2B(c2c(-c4c([2H])c([2H])c([2H])c([2H])c4[2H])cccc2-c2c([2H])c([2H])c([2H])c([2H])c2[2H])N2C=CC=CC2=C3c2[c-]c(-c3cc(-c4ccccc4)ccn3)cc(C(C)(C)C)c2)c([2H])c1[2H].[Pt]. The topological polar surface area (TPSA) is 54.2 Å². The quantitative estimate of drug-likeness (QED) is 0.116. The van der Waals surface area contributed by atoms with E-state index in [1.165, 1.54) is 12.1 Å². The van der Waals surface area contributed by atoms with Gasteiger partial charge in [0, 0.05) is 49.8 Å². The number of fused-ring (bicyclic) bond motifs is 2. The average molecular weight is 1190 g/mol. The van der Waals surface area contributed by atoms with E-state index in [1.807, 2.05) is 98.4 Å². The molecule has 0 saturated carbocycles. The molecule has 1 N–H and O–H groups in total. The predicted octanol–water partition coefficient (Wildman–Crippen LogP) is 15.6. The molecule has 8 aromatic carbocycles. The van der Waals surface area contributed by atoms with Crippen molar-refractivity contribution in [2.75, 3.05) is 0 Å². The molecule has 0 fully saturated rings. The largest absolute Gasteiger partial charge is 0.507 e. The van der Waals surface area contributed by atoms with Gasteiger partial charge in [0.05, 0.1) is 37.5 Å². The Bertz CT molecular complexity index is 4670. The maximum atomic E-state index is 12.3. The summed E-state index contributed by atoms with van der Waals surface area (Å²) in [6.07, 6.45) is 8.99. The number of hydrogen-bond acceptors (Lipinski definition) is 4. The second-order valence-corrected chi connectivity index (χ2v) is 20.8. The molecule has 2 aliphatic rings. The molecule has 0 bridgehead atoms. The summed E-state index contributed by atoms with van der Waals surface area (Å²) in [5, 5.41) is 12.3. The summed E-state index contributed by atoms with van der Waals surface area (Å²) in [5.74, 6) is -0.150. The molecule has 5 nitrogen and oxygen atoms in total. The number of hydrogen-bond donors (Lipinski definition) is 1. The molecule has 378 valence electrons. The number of aromatic nitrogens is 3. The Hall–Kier alpha value is -8.31. The van der Waals surface area contributed by atoms with Crippen LogP contribution in [0.3, 0.4) is 0 Å². The number of pyridine rings is 1. The van der Waals surface area contributed by atoms with Crippen LogP contribution in [0.1, 0.15) is 84.5 Å². The Morgan fingerprint density at radius 1 is 0.558 bits per heavy atom. The zero-order chi connectivity index (χ0) is 65.2. The zero-order valence-corrected chi connectivity index (χ0v) is 45.3. The number of imidazole rings is 1. The molecule has 0 radical (unpaired) electrons. The first-order chi connectivity index (χ1) is 43.1. The molecule has 0 unspecified atom stereocenters. The summed E-state index contributed by atoms with van der Waals surface area (Å²) in [5.41, 5.74) is 5.41. The van der Waals surface area contributed by atoms with E-state index >= 15 is 0 Å². The van der Waals surface area contributed by atoms with Crippen molar-refractivity contribution in [2.45, 2.75) is 52.4 Å². The number of phenols is 1. The van der Waals surface area contributed by atoms with Gasteiger partial charge < -0.3 is 14.5 Å². The molecule has 0 atom stereocenters. The molecule has 2 aromatic heterocycles. The fourth-order valence-electron chi connectivity index (χ4n) is 10.2. The van der Waals surface area contributed by atoms with Crippen LogP contribution in [-0.2, 0) is 31.9 Å². The van der Waals surface area contributed by atoms with Gasteiger partial charge in [-0.05, 0) is 115 Å². The molecule has 2 aliphatic heterocycles. The van der Waals surface area contributed by atoms with Gasteiger partial charge in [0.25, 0.3) is 0 Å². The minimum atomic E-state index is -1.39. The molecular formula is C70H58BN4OPt-. The van der Waals surface area contributed by atoms with Gasteiger partial charge in [-0.1, -0.05) is 217 Å². The summed E-state index contributed by atoms with van der Waals surface area (Å²) in [6, 6.07) is 29.1. The van der Waals surface area contributed by atoms with Crippen LogP contribution in [0, 0.1) is 6.07 Å². The van der Waals surface area contributed by atoms with Gasteiger partial charge in [0.2, 0.25) is 0 Å². The summed E-state index contributed by atoms with van der Waals surface area (Å²) in [6.45, 7) is 10.8. The number of rotatable bonds is 9. The van der Waals surface area contributed by atoms with Gasteiger partial charge in [-0.15, -0.1) is 29.3 Å². The molecule has 10 aromatic rings. The van der Waals surface area contributed by atoms with Crippen molar-refractivity contribution in [1.29, 1.82) is 0 Å². The third-order valence-corrected chi connectivity index (χ3v) is 13.9. The summed E-state index contributed by atoms with van der Waals surface area (Å²) in [4.78, 5) is 12.5. The van der Waals surface area contributed by atoms with E-state index in [4.69, 9.17) is 22.3 Å². The van der Waals surface area contributed by atoms with Crippen LogP contribution >= 0.6 is 0 Å². The van der Waals surface area contributed by atoms with E-state index in [1.54, 1.807) is 65.5 Å². The summed E-state index contributed by atoms with van der Waals surface area (Å²) < 4.78 is 140. The maximum absolute atomic E-state index is 12.3. The van der Waals surface area contributed by atoms with E-state index < -0.39 is 108 Å². The van der Waals surface area contributed by atoms with Crippen LogP contribution in [0.5, 0.6) is 5.75 Å². The predicted molar refractivity (Wildman–Crippen MR) is 316 cm³/mol. The zero-order valence-electron chi connectivity index (χ0n) is 58.0. The number of para-hydroxylation sites is 1. The monoisotopic (exact) mass is 1190 g/mol. The number of aromatic hydroxyl groups is 1. The Kier molecular flexibility index (Phi) is 9.63. The van der Waals surface area contributed by atoms with E-state index in [2.05, 4.69) is 26.8 Å². The minimum absolute atomic E-state index is 0. The van der Waals surface area contributed by atoms with Crippen LogP contribution in [0.15, 0.2) is 242 Å². The van der Waals surface area contributed by atoms with Gasteiger partial charge >= 0.3 is 6.85 Å². The fraction of sp³-hybridized carbons (Fsp3) is 0.114. The number of nitrogens with zero attached hydrogens (tertiary/aromatic N) is 4. The van der Waals surface area contributed by atoms with Crippen LogP contribution in [0.25, 0.3) is 78.4 Å². The standard InChI is InChI=1S/C70H58BN4O.Pt/c1-69(2,3)54-37-38-61(59(46-54)50-30-17-10-18-31-50)75-67-66(73-68(75)58-32-19-20-36-63(58)76)64(53-42-52(43-55(44-53)70(4,5)6)60-45-51(39-40-72-60)47-24-11-7-12-25-47)62-35-21-22-41-74(62)71(67)65-56(48-26-13-8-14-27-48)33-23-34-57(65)49-28-15-9-16-29-49;/h7-41,43-46,76H,1-6H3;/q-1;/i8D,9D,10D,13D,14D,15D,16D,17D,18D,26D,27D,28D,29D,30D,31D;. The number of benzene rings is 8. The number of allylic oxidation sites excluding steroid dienone is 3. The van der Waals surface area contributed by atoms with Crippen molar-refractivity contribution in [3.63, 3.8) is 0 Å². The van der Waals surface area contributed by atoms with Crippen LogP contribution in [0.2, 0.25) is 0 Å². The van der Waals surface area contributed by atoms with E-state index in [-0.39, 0.29) is 94.0 Å². The van der Waals surface area contributed by atoms with Gasteiger partial charge in [0.15, 0.2) is 0 Å². The minimum Gasteiger partial charge on any atom is -0.507 e. The van der Waals surface area contributed by atoms with Crippen LogP contribution in [-0.4, -0.2) is 31.3 Å². The van der Waals surface area contributed by atoms with Gasteiger partial charge in [-0.25, -0.2) is 4.98 Å². The smallest absolute Gasteiger partial charge is 0.348 e. The molecule has 77 heavy (non-hydrogen) atoms. The first kappa shape index (κ1) is 35.9. The van der Waals surface area contributed by atoms with Crippen molar-refractivity contribution in [3.05, 3.63) is 271 Å². The number of phenolic OH excluding ortho intramolecular Hbond substituents is 1. The van der Waals surface area contributed by atoms with Crippen LogP contribution in [0.4, 0.5) is 0 Å². The second kappa shape index (κ2) is 20.7.